The van der Waals surface area contributed by atoms with Crippen LogP contribution in [0.2, 0.25) is 0 Å². The molecule has 7 nitrogen and oxygen atoms in total. The summed E-state index contributed by atoms with van der Waals surface area (Å²) in [7, 11) is -2.32. The van der Waals surface area contributed by atoms with E-state index in [0.29, 0.717) is 18.8 Å². The highest BCUT2D eigenvalue weighted by molar-refractivity contribution is 7.92. The molecule has 0 aromatic heterocycles. The first-order chi connectivity index (χ1) is 15.8. The summed E-state index contributed by atoms with van der Waals surface area (Å²) >= 11 is 0. The molecule has 1 amide bonds. The molecule has 0 saturated carbocycles. The fraction of sp³-hybridized carbons (Fsp3) is 0.200. The van der Waals surface area contributed by atoms with Gasteiger partial charge in [0.05, 0.1) is 16.1 Å². The zero-order chi connectivity index (χ0) is 23.8. The number of amides is 1. The molecule has 33 heavy (non-hydrogen) atoms. The molecule has 172 valence electrons. The molecule has 0 spiro atoms. The third kappa shape index (κ3) is 5.98. The average Bonchev–Trinajstić information content (AvgIpc) is 2.86. The van der Waals surface area contributed by atoms with Gasteiger partial charge in [-0.05, 0) is 48.9 Å². The van der Waals surface area contributed by atoms with Crippen LogP contribution in [0.1, 0.15) is 22.8 Å². The highest BCUT2D eigenvalue weighted by Gasteiger charge is 2.22. The largest absolute Gasteiger partial charge is 0.452 e. The van der Waals surface area contributed by atoms with Crippen molar-refractivity contribution in [2.24, 2.45) is 0 Å². The molecule has 0 fully saturated rings. The maximum atomic E-state index is 12.8. The fourth-order valence-electron chi connectivity index (χ4n) is 3.18. The van der Waals surface area contributed by atoms with Crippen molar-refractivity contribution < 1.29 is 22.7 Å². The van der Waals surface area contributed by atoms with E-state index >= 15 is 0 Å². The van der Waals surface area contributed by atoms with Gasteiger partial charge >= 0.3 is 5.97 Å². The highest BCUT2D eigenvalue weighted by Crippen LogP contribution is 2.22. The summed E-state index contributed by atoms with van der Waals surface area (Å²) in [6, 6.07) is 23.7. The molecule has 0 heterocycles. The lowest BCUT2D eigenvalue weighted by Gasteiger charge is -2.21. The number of esters is 1. The van der Waals surface area contributed by atoms with Gasteiger partial charge in [-0.2, -0.15) is 0 Å². The van der Waals surface area contributed by atoms with Gasteiger partial charge in [-0.15, -0.1) is 0 Å². The lowest BCUT2D eigenvalue weighted by atomic mass is 10.2. The Morgan fingerprint density at radius 2 is 1.42 bits per heavy atom. The minimum Gasteiger partial charge on any atom is -0.452 e. The lowest BCUT2D eigenvalue weighted by molar-refractivity contribution is -0.134. The van der Waals surface area contributed by atoms with Gasteiger partial charge in [-0.25, -0.2) is 13.2 Å². The summed E-state index contributed by atoms with van der Waals surface area (Å²) in [6.07, 6.45) is 0. The summed E-state index contributed by atoms with van der Waals surface area (Å²) in [5, 5.41) is 0. The number of sulfonamides is 1. The molecule has 3 aromatic rings. The van der Waals surface area contributed by atoms with E-state index in [1.807, 2.05) is 37.3 Å². The van der Waals surface area contributed by atoms with Crippen molar-refractivity contribution in [1.82, 2.24) is 4.90 Å². The van der Waals surface area contributed by atoms with Gasteiger partial charge in [0, 0.05) is 20.1 Å². The smallest absolute Gasteiger partial charge is 0.338 e. The van der Waals surface area contributed by atoms with Gasteiger partial charge in [0.15, 0.2) is 6.61 Å². The van der Waals surface area contributed by atoms with E-state index in [4.69, 9.17) is 4.74 Å². The molecular weight excluding hydrogens is 440 g/mol. The second-order valence-corrected chi connectivity index (χ2v) is 9.27. The fourth-order valence-corrected chi connectivity index (χ4v) is 4.38. The van der Waals surface area contributed by atoms with Crippen LogP contribution < -0.4 is 4.31 Å². The molecule has 0 aliphatic heterocycles. The SMILES string of the molecule is CCN(Cc1ccccc1)C(=O)COC(=O)c1ccc(S(=O)(=O)N(C)c2ccccc2)cc1. The van der Waals surface area contributed by atoms with Crippen LogP contribution in [0.4, 0.5) is 5.69 Å². The first kappa shape index (κ1) is 24.0. The number of ether oxygens (including phenoxy) is 1. The van der Waals surface area contributed by atoms with Gasteiger partial charge in [0.2, 0.25) is 0 Å². The minimum atomic E-state index is -3.78. The van der Waals surface area contributed by atoms with Crippen LogP contribution in [0, 0.1) is 0 Å². The molecule has 0 atom stereocenters. The predicted octanol–water partition coefficient (Wildman–Crippen LogP) is 3.72. The van der Waals surface area contributed by atoms with Crippen LogP contribution in [0.25, 0.3) is 0 Å². The number of hydrogen-bond acceptors (Lipinski definition) is 5. The van der Waals surface area contributed by atoms with Crippen LogP contribution >= 0.6 is 0 Å². The zero-order valence-electron chi connectivity index (χ0n) is 18.5. The summed E-state index contributed by atoms with van der Waals surface area (Å²) in [5.41, 5.74) is 1.67. The average molecular weight is 467 g/mol. The van der Waals surface area contributed by atoms with Crippen LogP contribution in [0.3, 0.4) is 0 Å². The normalized spacial score (nSPS) is 11.0. The second-order valence-electron chi connectivity index (χ2n) is 7.30. The molecule has 0 radical (unpaired) electrons. The third-order valence-corrected chi connectivity index (χ3v) is 6.95. The maximum absolute atomic E-state index is 12.8. The Kier molecular flexibility index (Phi) is 7.84. The van der Waals surface area contributed by atoms with E-state index in [2.05, 4.69) is 0 Å². The van der Waals surface area contributed by atoms with E-state index in [-0.39, 0.29) is 16.4 Å². The standard InChI is InChI=1S/C25H26N2O5S/c1-3-27(18-20-10-6-4-7-11-20)24(28)19-32-25(29)21-14-16-23(17-15-21)33(30,31)26(2)22-12-8-5-9-13-22/h4-17H,3,18-19H2,1-2H3. The maximum Gasteiger partial charge on any atom is 0.338 e. The Labute approximate surface area is 194 Å². The Bertz CT molecular complexity index is 1180. The number of nitrogens with zero attached hydrogens (tertiary/aromatic N) is 2. The number of anilines is 1. The quantitative estimate of drug-likeness (QED) is 0.449. The number of likely N-dealkylation sites (N-methyl/N-ethyl adjacent to an activating group) is 1. The monoisotopic (exact) mass is 466 g/mol. The molecule has 0 saturated heterocycles. The topological polar surface area (TPSA) is 84.0 Å². The third-order valence-electron chi connectivity index (χ3n) is 5.15. The number of benzene rings is 3. The number of carbonyl (C=O) groups excluding carboxylic acids is 2. The van der Waals surface area contributed by atoms with Gasteiger partial charge in [-0.3, -0.25) is 9.10 Å². The van der Waals surface area contributed by atoms with Crippen molar-refractivity contribution in [2.75, 3.05) is 24.5 Å². The van der Waals surface area contributed by atoms with Crippen molar-refractivity contribution in [1.29, 1.82) is 0 Å². The van der Waals surface area contributed by atoms with Gasteiger partial charge in [0.25, 0.3) is 15.9 Å². The van der Waals surface area contributed by atoms with Crippen molar-refractivity contribution in [2.45, 2.75) is 18.4 Å². The molecule has 3 aromatic carbocycles. The summed E-state index contributed by atoms with van der Waals surface area (Å²) < 4.78 is 32.0. The Morgan fingerprint density at radius 1 is 0.848 bits per heavy atom. The molecule has 0 bridgehead atoms. The molecule has 3 rings (SSSR count). The van der Waals surface area contributed by atoms with Crippen LogP contribution in [-0.2, 0) is 26.1 Å². The minimum absolute atomic E-state index is 0.0431. The molecule has 0 unspecified atom stereocenters. The number of hydrogen-bond donors (Lipinski definition) is 0. The molecule has 0 aliphatic rings. The van der Waals surface area contributed by atoms with Crippen LogP contribution in [0.5, 0.6) is 0 Å². The van der Waals surface area contributed by atoms with Crippen LogP contribution in [-0.4, -0.2) is 45.4 Å². The zero-order valence-corrected chi connectivity index (χ0v) is 19.4. The van der Waals surface area contributed by atoms with Crippen molar-refractivity contribution in [3.8, 4) is 0 Å². The van der Waals surface area contributed by atoms with Crippen molar-refractivity contribution in [3.05, 3.63) is 96.1 Å². The summed E-state index contributed by atoms with van der Waals surface area (Å²) in [4.78, 5) is 26.5. The Hall–Kier alpha value is -3.65. The highest BCUT2D eigenvalue weighted by atomic mass is 32.2. The van der Waals surface area contributed by atoms with Crippen molar-refractivity contribution >= 4 is 27.6 Å². The number of para-hydroxylation sites is 1. The van der Waals surface area contributed by atoms with E-state index in [9.17, 15) is 18.0 Å². The molecule has 0 aliphatic carbocycles. The van der Waals surface area contributed by atoms with Gasteiger partial charge in [-0.1, -0.05) is 48.5 Å². The predicted molar refractivity (Wildman–Crippen MR) is 126 cm³/mol. The molecular formula is C25H26N2O5S. The lowest BCUT2D eigenvalue weighted by Crippen LogP contribution is -2.34. The van der Waals surface area contributed by atoms with E-state index in [1.54, 1.807) is 35.2 Å². The molecule has 0 N–H and O–H groups in total. The summed E-state index contributed by atoms with van der Waals surface area (Å²) in [5.74, 6) is -1.00. The van der Waals surface area contributed by atoms with Crippen LogP contribution in [0.15, 0.2) is 89.8 Å². The first-order valence-corrected chi connectivity index (χ1v) is 11.9. The Morgan fingerprint density at radius 3 is 2.00 bits per heavy atom. The van der Waals surface area contributed by atoms with Gasteiger partial charge < -0.3 is 9.64 Å². The Balaban J connectivity index is 1.61. The molecule has 8 heteroatoms. The van der Waals surface area contributed by atoms with Gasteiger partial charge in [0.1, 0.15) is 0 Å². The summed E-state index contributed by atoms with van der Waals surface area (Å²) in [6.45, 7) is 2.37. The van der Waals surface area contributed by atoms with E-state index < -0.39 is 22.6 Å². The van der Waals surface area contributed by atoms with E-state index in [0.717, 1.165) is 5.56 Å². The number of rotatable bonds is 9. The number of carbonyl (C=O) groups is 2. The van der Waals surface area contributed by atoms with E-state index in [1.165, 1.54) is 35.6 Å². The first-order valence-electron chi connectivity index (χ1n) is 10.5. The second kappa shape index (κ2) is 10.8. The van der Waals surface area contributed by atoms with Crippen molar-refractivity contribution in [3.63, 3.8) is 0 Å².